The number of benzene rings is 3. The first-order valence-corrected chi connectivity index (χ1v) is 12.7. The molecule has 0 heterocycles. The van der Waals surface area contributed by atoms with Crippen LogP contribution in [0.15, 0.2) is 77.8 Å². The molecule has 142 valence electrons. The van der Waals surface area contributed by atoms with Crippen LogP contribution in [-0.4, -0.2) is 30.6 Å². The average molecular weight is 388 g/mol. The number of para-hydroxylation sites is 1. The predicted octanol–water partition coefficient (Wildman–Crippen LogP) is 3.29. The first-order chi connectivity index (χ1) is 13.5. The second kappa shape index (κ2) is 7.38. The molecule has 0 saturated carbocycles. The van der Waals surface area contributed by atoms with Gasteiger partial charge in [-0.3, -0.25) is 4.99 Å². The maximum Gasteiger partial charge on any atom is 0.123 e. The number of aliphatic hydroxyl groups excluding tert-OH is 1. The number of phenolic OH excluding ortho intramolecular Hbond substituents is 1. The van der Waals surface area contributed by atoms with Crippen molar-refractivity contribution in [1.29, 1.82) is 0 Å². The number of hydrogen-bond acceptors (Lipinski definition) is 3. The fourth-order valence-corrected chi connectivity index (χ4v) is 6.66. The molecule has 0 amide bonds. The Kier molecular flexibility index (Phi) is 4.92. The van der Waals surface area contributed by atoms with E-state index in [2.05, 4.69) is 30.2 Å². The van der Waals surface area contributed by atoms with E-state index in [1.165, 1.54) is 5.19 Å². The highest BCUT2D eigenvalue weighted by Gasteiger charge is 2.31. The molecule has 0 radical (unpaired) electrons. The van der Waals surface area contributed by atoms with Gasteiger partial charge in [-0.25, -0.2) is 0 Å². The summed E-state index contributed by atoms with van der Waals surface area (Å²) in [6, 6.07) is 24.0. The Balaban J connectivity index is 1.67. The lowest BCUT2D eigenvalue weighted by atomic mass is 10.1. The van der Waals surface area contributed by atoms with Crippen molar-refractivity contribution in [3.8, 4) is 5.75 Å². The summed E-state index contributed by atoms with van der Waals surface area (Å²) < 4.78 is 0. The molecule has 3 aromatic carbocycles. The van der Waals surface area contributed by atoms with E-state index in [0.29, 0.717) is 17.7 Å². The molecule has 3 nitrogen and oxygen atoms in total. The lowest BCUT2D eigenvalue weighted by Crippen LogP contribution is -2.53. The highest BCUT2D eigenvalue weighted by atomic mass is 28.3. The minimum atomic E-state index is -2.02. The Labute approximate surface area is 167 Å². The average Bonchev–Trinajstić information content (AvgIpc) is 3.03. The van der Waals surface area contributed by atoms with Crippen molar-refractivity contribution in [2.45, 2.75) is 31.7 Å². The zero-order valence-corrected chi connectivity index (χ0v) is 17.2. The Bertz CT molecular complexity index is 1010. The number of aromatic hydroxyl groups is 1. The second-order valence-corrected chi connectivity index (χ2v) is 12.3. The molecule has 1 aliphatic carbocycles. The van der Waals surface area contributed by atoms with E-state index in [1.807, 2.05) is 60.7 Å². The zero-order chi connectivity index (χ0) is 19.7. The fourth-order valence-electron chi connectivity index (χ4n) is 4.07. The minimum Gasteiger partial charge on any atom is -0.507 e. The van der Waals surface area contributed by atoms with Gasteiger partial charge < -0.3 is 10.2 Å². The topological polar surface area (TPSA) is 52.8 Å². The third-order valence-corrected chi connectivity index (χ3v) is 9.30. The lowest BCUT2D eigenvalue weighted by Gasteiger charge is -2.25. The Morgan fingerprint density at radius 2 is 1.64 bits per heavy atom. The molecule has 0 aliphatic heterocycles. The van der Waals surface area contributed by atoms with Gasteiger partial charge in [-0.1, -0.05) is 85.0 Å². The molecule has 2 N–H and O–H groups in total. The Morgan fingerprint density at radius 1 is 0.929 bits per heavy atom. The van der Waals surface area contributed by atoms with Crippen molar-refractivity contribution < 1.29 is 10.2 Å². The summed E-state index contributed by atoms with van der Waals surface area (Å²) in [5.74, 6) is 0.299. The van der Waals surface area contributed by atoms with Crippen molar-refractivity contribution in [2.75, 3.05) is 0 Å². The van der Waals surface area contributed by atoms with Gasteiger partial charge in [0, 0.05) is 18.2 Å². The molecule has 0 spiro atoms. The summed E-state index contributed by atoms with van der Waals surface area (Å²) in [6.07, 6.45) is 1.82. The van der Waals surface area contributed by atoms with Gasteiger partial charge >= 0.3 is 0 Å². The molecule has 1 aliphatic rings. The summed E-state index contributed by atoms with van der Waals surface area (Å²) in [5, 5.41) is 23.7. The van der Waals surface area contributed by atoms with Crippen LogP contribution in [0.1, 0.15) is 22.7 Å². The van der Waals surface area contributed by atoms with Crippen LogP contribution in [0.5, 0.6) is 5.75 Å². The number of phenols is 1. The van der Waals surface area contributed by atoms with Crippen molar-refractivity contribution in [1.82, 2.24) is 0 Å². The zero-order valence-electron chi connectivity index (χ0n) is 16.2. The molecule has 0 saturated heterocycles. The predicted molar refractivity (Wildman–Crippen MR) is 118 cm³/mol. The highest BCUT2D eigenvalue weighted by molar-refractivity contribution is 7.01. The Hall–Kier alpha value is -2.69. The number of rotatable bonds is 4. The van der Waals surface area contributed by atoms with Gasteiger partial charge in [0.1, 0.15) is 19.9 Å². The van der Waals surface area contributed by atoms with E-state index < -0.39 is 14.2 Å². The maximum absolute atomic E-state index is 11.0. The van der Waals surface area contributed by atoms with Crippen molar-refractivity contribution in [2.24, 2.45) is 4.99 Å². The molecule has 0 fully saturated rings. The molecular formula is C24H25NO2Si. The molecule has 0 unspecified atom stereocenters. The fraction of sp³-hybridized carbons (Fsp3) is 0.208. The molecular weight excluding hydrogens is 362 g/mol. The normalized spacial score (nSPS) is 19.1. The van der Waals surface area contributed by atoms with Crippen LogP contribution in [0, 0.1) is 0 Å². The number of nitrogens with zero attached hydrogens (tertiary/aromatic N) is 1. The standard InChI is InChI=1S/C24H25NO2Si/c1-28(2,19-11-4-3-5-12-19)22-14-8-10-18(24(22)27)16-25-23-20-13-7-6-9-17(20)15-21(23)26/h3-14,16,21,23,26-27H,15H2,1-2H3/t21-,23+/m0/s1. The third-order valence-electron chi connectivity index (χ3n) is 5.78. The summed E-state index contributed by atoms with van der Waals surface area (Å²) in [4.78, 5) is 4.65. The van der Waals surface area contributed by atoms with Crippen LogP contribution in [0.3, 0.4) is 0 Å². The highest BCUT2D eigenvalue weighted by Crippen LogP contribution is 2.34. The molecule has 4 rings (SSSR count). The monoisotopic (exact) mass is 387 g/mol. The van der Waals surface area contributed by atoms with Gasteiger partial charge in [0.05, 0.1) is 6.10 Å². The molecule has 2 atom stereocenters. The molecule has 0 bridgehead atoms. The van der Waals surface area contributed by atoms with E-state index in [0.717, 1.165) is 16.3 Å². The molecule has 3 aromatic rings. The lowest BCUT2D eigenvalue weighted by molar-refractivity contribution is 0.159. The van der Waals surface area contributed by atoms with Crippen LogP contribution in [-0.2, 0) is 6.42 Å². The number of hydrogen-bond donors (Lipinski definition) is 2. The molecule has 4 heteroatoms. The van der Waals surface area contributed by atoms with Gasteiger partial charge in [0.15, 0.2) is 0 Å². The molecule has 0 aromatic heterocycles. The summed E-state index contributed by atoms with van der Waals surface area (Å²) in [6.45, 7) is 4.49. The minimum absolute atomic E-state index is 0.279. The smallest absolute Gasteiger partial charge is 0.123 e. The van der Waals surface area contributed by atoms with E-state index in [1.54, 1.807) is 6.21 Å². The van der Waals surface area contributed by atoms with Gasteiger partial charge in [-0.15, -0.1) is 0 Å². The van der Waals surface area contributed by atoms with E-state index >= 15 is 0 Å². The SMILES string of the molecule is C[Si](C)(c1ccccc1)c1cccc(C=N[C@@H]2c3ccccc3C[C@@H]2O)c1O. The van der Waals surface area contributed by atoms with Crippen molar-refractivity contribution >= 4 is 24.7 Å². The van der Waals surface area contributed by atoms with Crippen LogP contribution in [0.25, 0.3) is 0 Å². The first kappa shape index (κ1) is 18.7. The molecule has 28 heavy (non-hydrogen) atoms. The van der Waals surface area contributed by atoms with Gasteiger partial charge in [0.2, 0.25) is 0 Å². The second-order valence-electron chi connectivity index (χ2n) is 7.93. The van der Waals surface area contributed by atoms with E-state index in [-0.39, 0.29) is 6.04 Å². The largest absolute Gasteiger partial charge is 0.507 e. The van der Waals surface area contributed by atoms with Gasteiger partial charge in [-0.05, 0) is 22.4 Å². The van der Waals surface area contributed by atoms with E-state index in [4.69, 9.17) is 0 Å². The number of fused-ring (bicyclic) bond motifs is 1. The summed E-state index contributed by atoms with van der Waals surface area (Å²) >= 11 is 0. The van der Waals surface area contributed by atoms with E-state index in [9.17, 15) is 10.2 Å². The summed E-state index contributed by atoms with van der Waals surface area (Å²) in [7, 11) is -2.02. The van der Waals surface area contributed by atoms with Gasteiger partial charge in [-0.2, -0.15) is 0 Å². The van der Waals surface area contributed by atoms with Gasteiger partial charge in [0.25, 0.3) is 0 Å². The summed E-state index contributed by atoms with van der Waals surface area (Å²) in [5.41, 5.74) is 2.92. The van der Waals surface area contributed by atoms with Crippen LogP contribution < -0.4 is 10.4 Å². The third kappa shape index (κ3) is 3.30. The van der Waals surface area contributed by atoms with Crippen molar-refractivity contribution in [3.05, 3.63) is 89.5 Å². The first-order valence-electron chi connectivity index (χ1n) is 9.65. The quantitative estimate of drug-likeness (QED) is 0.533. The number of aliphatic imine (C=N–C) groups is 1. The Morgan fingerprint density at radius 3 is 2.43 bits per heavy atom. The van der Waals surface area contributed by atoms with Crippen molar-refractivity contribution in [3.63, 3.8) is 0 Å². The maximum atomic E-state index is 11.0. The van der Waals surface area contributed by atoms with Crippen LogP contribution in [0.4, 0.5) is 0 Å². The van der Waals surface area contributed by atoms with Crippen LogP contribution in [0.2, 0.25) is 13.1 Å². The number of aliphatic hydroxyl groups is 1. The van der Waals surface area contributed by atoms with Crippen LogP contribution >= 0.6 is 0 Å².